The Hall–Kier alpha value is -2.08. The minimum Gasteiger partial charge on any atom is -0.397 e. The normalized spacial score (nSPS) is 10.6. The van der Waals surface area contributed by atoms with Gasteiger partial charge in [-0.2, -0.15) is 5.10 Å². The van der Waals surface area contributed by atoms with E-state index < -0.39 is 0 Å². The Morgan fingerprint density at radius 1 is 1.38 bits per heavy atom. The molecule has 1 heterocycles. The van der Waals surface area contributed by atoms with E-state index in [1.807, 2.05) is 0 Å². The Morgan fingerprint density at radius 2 is 2.12 bits per heavy atom. The number of nitrogen functional groups attached to an aromatic ring is 1. The van der Waals surface area contributed by atoms with Gasteiger partial charge in [0.05, 0.1) is 24.5 Å². The van der Waals surface area contributed by atoms with Crippen LogP contribution in [0.5, 0.6) is 0 Å². The van der Waals surface area contributed by atoms with Crippen molar-refractivity contribution in [2.75, 3.05) is 12.3 Å². The number of hydrogen-bond donors (Lipinski definition) is 2. The summed E-state index contributed by atoms with van der Waals surface area (Å²) in [5.74, 6) is 0. The van der Waals surface area contributed by atoms with Gasteiger partial charge in [-0.15, -0.1) is 0 Å². The van der Waals surface area contributed by atoms with Crippen LogP contribution in [0.3, 0.4) is 0 Å². The molecule has 3 N–H and O–H groups in total. The Labute approximate surface area is 91.6 Å². The molecule has 1 aromatic carbocycles. The first-order chi connectivity index (χ1) is 7.74. The van der Waals surface area contributed by atoms with E-state index in [0.29, 0.717) is 11.4 Å². The predicted molar refractivity (Wildman–Crippen MR) is 59.3 cm³/mol. The van der Waals surface area contributed by atoms with Crippen molar-refractivity contribution in [2.45, 2.75) is 6.54 Å². The van der Waals surface area contributed by atoms with Crippen LogP contribution in [-0.2, 0) is 6.54 Å². The van der Waals surface area contributed by atoms with Crippen LogP contribution >= 0.6 is 0 Å². The third kappa shape index (κ3) is 1.70. The molecule has 0 saturated heterocycles. The molecule has 0 unspecified atom stereocenters. The summed E-state index contributed by atoms with van der Waals surface area (Å²) in [6.07, 6.45) is 1.39. The minimum absolute atomic E-state index is 0.124. The van der Waals surface area contributed by atoms with Gasteiger partial charge in [-0.25, -0.2) is 14.0 Å². The predicted octanol–water partition coefficient (Wildman–Crippen LogP) is -0.392. The summed E-state index contributed by atoms with van der Waals surface area (Å²) in [5.41, 5.74) is 6.55. The molecule has 0 aliphatic heterocycles. The summed E-state index contributed by atoms with van der Waals surface area (Å²) in [4.78, 5) is 11.8. The fourth-order valence-electron chi connectivity index (χ4n) is 1.46. The van der Waals surface area contributed by atoms with E-state index in [4.69, 9.17) is 10.8 Å². The number of nitrogens with two attached hydrogens (primary N) is 1. The summed E-state index contributed by atoms with van der Waals surface area (Å²) in [6, 6.07) is 7.04. The summed E-state index contributed by atoms with van der Waals surface area (Å²) in [6.45, 7) is 0.0553. The van der Waals surface area contributed by atoms with Crippen molar-refractivity contribution in [1.29, 1.82) is 0 Å². The highest BCUT2D eigenvalue weighted by molar-refractivity contribution is 5.57. The molecule has 0 aliphatic carbocycles. The van der Waals surface area contributed by atoms with Crippen molar-refractivity contribution in [1.82, 2.24) is 14.3 Å². The molecule has 2 aromatic rings. The lowest BCUT2D eigenvalue weighted by molar-refractivity contribution is 0.267. The molecule has 84 valence electrons. The number of aromatic nitrogens is 3. The van der Waals surface area contributed by atoms with Crippen LogP contribution in [0.2, 0.25) is 0 Å². The maximum Gasteiger partial charge on any atom is 0.350 e. The lowest BCUT2D eigenvalue weighted by atomic mass is 10.3. The van der Waals surface area contributed by atoms with E-state index in [2.05, 4.69) is 5.10 Å². The van der Waals surface area contributed by atoms with Crippen LogP contribution in [0, 0.1) is 0 Å². The Bertz CT molecular complexity index is 544. The lowest BCUT2D eigenvalue weighted by Gasteiger charge is -2.03. The molecule has 6 nitrogen and oxygen atoms in total. The third-order valence-electron chi connectivity index (χ3n) is 2.24. The van der Waals surface area contributed by atoms with Crippen molar-refractivity contribution in [3.63, 3.8) is 0 Å². The van der Waals surface area contributed by atoms with Gasteiger partial charge in [0.15, 0.2) is 0 Å². The zero-order valence-electron chi connectivity index (χ0n) is 8.58. The number of anilines is 1. The van der Waals surface area contributed by atoms with Gasteiger partial charge in [0.1, 0.15) is 6.33 Å². The lowest BCUT2D eigenvalue weighted by Crippen LogP contribution is -2.25. The van der Waals surface area contributed by atoms with E-state index in [9.17, 15) is 4.79 Å². The van der Waals surface area contributed by atoms with Crippen LogP contribution < -0.4 is 11.4 Å². The Kier molecular flexibility index (Phi) is 2.74. The maximum atomic E-state index is 11.8. The number of nitrogens with zero attached hydrogens (tertiary/aromatic N) is 3. The zero-order chi connectivity index (χ0) is 11.5. The number of para-hydroxylation sites is 2. The Morgan fingerprint density at radius 3 is 2.81 bits per heavy atom. The summed E-state index contributed by atoms with van der Waals surface area (Å²) in [5, 5.41) is 12.6. The number of rotatable bonds is 3. The first-order valence-corrected chi connectivity index (χ1v) is 4.84. The van der Waals surface area contributed by atoms with Gasteiger partial charge >= 0.3 is 5.69 Å². The molecular formula is C10H12N4O2. The summed E-state index contributed by atoms with van der Waals surface area (Å²) in [7, 11) is 0. The fourth-order valence-corrected chi connectivity index (χ4v) is 1.46. The average Bonchev–Trinajstić information content (AvgIpc) is 2.62. The molecule has 0 radical (unpaired) electrons. The second-order valence-electron chi connectivity index (χ2n) is 3.29. The number of aliphatic hydroxyl groups is 1. The van der Waals surface area contributed by atoms with E-state index in [-0.39, 0.29) is 18.8 Å². The van der Waals surface area contributed by atoms with Crippen molar-refractivity contribution < 1.29 is 5.11 Å². The SMILES string of the molecule is Nc1ccccc1-n1cnn(CCO)c1=O. The number of hydrogen-bond acceptors (Lipinski definition) is 4. The van der Waals surface area contributed by atoms with E-state index in [0.717, 1.165) is 0 Å². The smallest absolute Gasteiger partial charge is 0.350 e. The monoisotopic (exact) mass is 220 g/mol. The zero-order valence-corrected chi connectivity index (χ0v) is 8.58. The molecule has 0 atom stereocenters. The molecule has 2 rings (SSSR count). The number of benzene rings is 1. The second kappa shape index (κ2) is 4.19. The molecule has 0 aliphatic rings. The summed E-state index contributed by atoms with van der Waals surface area (Å²) < 4.78 is 2.54. The van der Waals surface area contributed by atoms with Gasteiger partial charge in [0, 0.05) is 0 Å². The van der Waals surface area contributed by atoms with Gasteiger partial charge < -0.3 is 10.8 Å². The van der Waals surface area contributed by atoms with Crippen LogP contribution in [0.4, 0.5) is 5.69 Å². The minimum atomic E-state index is -0.313. The average molecular weight is 220 g/mol. The standard InChI is InChI=1S/C10H12N4O2/c11-8-3-1-2-4-9(8)13-7-12-14(5-6-15)10(13)16/h1-4,7,15H,5-6,11H2. The first kappa shape index (κ1) is 10.4. The fraction of sp³-hybridized carbons (Fsp3) is 0.200. The molecule has 0 amide bonds. The van der Waals surface area contributed by atoms with Gasteiger partial charge in [0.2, 0.25) is 0 Å². The molecule has 1 aromatic heterocycles. The van der Waals surface area contributed by atoms with Crippen molar-refractivity contribution in [3.8, 4) is 5.69 Å². The molecule has 16 heavy (non-hydrogen) atoms. The van der Waals surface area contributed by atoms with E-state index >= 15 is 0 Å². The first-order valence-electron chi connectivity index (χ1n) is 4.84. The second-order valence-corrected chi connectivity index (χ2v) is 3.29. The molecule has 0 bridgehead atoms. The van der Waals surface area contributed by atoms with Gasteiger partial charge in [0.25, 0.3) is 0 Å². The molecule has 0 spiro atoms. The molecular weight excluding hydrogens is 208 g/mol. The number of aliphatic hydroxyl groups excluding tert-OH is 1. The molecule has 0 fully saturated rings. The van der Waals surface area contributed by atoms with Gasteiger partial charge in [-0.3, -0.25) is 0 Å². The quantitative estimate of drug-likeness (QED) is 0.690. The Balaban J connectivity index is 2.50. The van der Waals surface area contributed by atoms with Crippen molar-refractivity contribution >= 4 is 5.69 Å². The topological polar surface area (TPSA) is 86.1 Å². The highest BCUT2D eigenvalue weighted by atomic mass is 16.3. The van der Waals surface area contributed by atoms with E-state index in [1.165, 1.54) is 15.6 Å². The maximum absolute atomic E-state index is 11.8. The van der Waals surface area contributed by atoms with Crippen molar-refractivity contribution in [3.05, 3.63) is 41.1 Å². The van der Waals surface area contributed by atoms with Crippen LogP contribution in [0.15, 0.2) is 35.4 Å². The highest BCUT2D eigenvalue weighted by Gasteiger charge is 2.07. The van der Waals surface area contributed by atoms with Crippen LogP contribution in [0.1, 0.15) is 0 Å². The largest absolute Gasteiger partial charge is 0.397 e. The van der Waals surface area contributed by atoms with Crippen LogP contribution in [-0.4, -0.2) is 26.1 Å². The highest BCUT2D eigenvalue weighted by Crippen LogP contribution is 2.13. The van der Waals surface area contributed by atoms with Crippen molar-refractivity contribution in [2.24, 2.45) is 0 Å². The molecule has 6 heteroatoms. The summed E-state index contributed by atoms with van der Waals surface area (Å²) >= 11 is 0. The van der Waals surface area contributed by atoms with E-state index in [1.54, 1.807) is 24.3 Å². The van der Waals surface area contributed by atoms with Gasteiger partial charge in [-0.05, 0) is 12.1 Å². The van der Waals surface area contributed by atoms with Gasteiger partial charge in [-0.1, -0.05) is 12.1 Å². The molecule has 0 saturated carbocycles. The van der Waals surface area contributed by atoms with Crippen LogP contribution in [0.25, 0.3) is 5.69 Å². The third-order valence-corrected chi connectivity index (χ3v) is 2.24.